The number of anilines is 1. The maximum Gasteiger partial charge on any atom is 0.332 e. The first-order valence-corrected chi connectivity index (χ1v) is 8.37. The molecule has 0 N–H and O–H groups in total. The summed E-state index contributed by atoms with van der Waals surface area (Å²) in [6, 6.07) is -0.297. The van der Waals surface area contributed by atoms with Gasteiger partial charge in [0.1, 0.15) is 11.3 Å². The Bertz CT molecular complexity index is 801. The molecule has 8 heteroatoms. The molecule has 1 saturated heterocycles. The molecule has 3 heterocycles. The van der Waals surface area contributed by atoms with E-state index in [0.29, 0.717) is 18.8 Å². The molecule has 3 rings (SSSR count). The van der Waals surface area contributed by atoms with Crippen LogP contribution in [-0.2, 0) is 11.3 Å². The van der Waals surface area contributed by atoms with Crippen LogP contribution in [-0.4, -0.2) is 43.9 Å². The lowest BCUT2D eigenvalue weighted by Crippen LogP contribution is -2.44. The van der Waals surface area contributed by atoms with Crippen molar-refractivity contribution in [2.24, 2.45) is 0 Å². The molecule has 1 aliphatic rings. The van der Waals surface area contributed by atoms with Crippen molar-refractivity contribution in [3.63, 3.8) is 0 Å². The van der Waals surface area contributed by atoms with Crippen LogP contribution in [0.25, 0.3) is 0 Å². The quantitative estimate of drug-likeness (QED) is 0.777. The van der Waals surface area contributed by atoms with E-state index in [1.54, 1.807) is 35.8 Å². The number of rotatable bonds is 5. The van der Waals surface area contributed by atoms with Crippen LogP contribution in [0.1, 0.15) is 44.2 Å². The summed E-state index contributed by atoms with van der Waals surface area (Å²) < 4.78 is 6.84. The molecule has 0 saturated carbocycles. The zero-order valence-corrected chi connectivity index (χ0v) is 15.2. The summed E-state index contributed by atoms with van der Waals surface area (Å²) in [6.45, 7) is 10.3. The third-order valence-electron chi connectivity index (χ3n) is 4.65. The van der Waals surface area contributed by atoms with E-state index in [-0.39, 0.29) is 11.9 Å². The first-order chi connectivity index (χ1) is 11.8. The highest BCUT2D eigenvalue weighted by Crippen LogP contribution is 2.32. The van der Waals surface area contributed by atoms with E-state index in [9.17, 15) is 9.59 Å². The van der Waals surface area contributed by atoms with Crippen LogP contribution in [0.15, 0.2) is 16.9 Å². The first-order valence-electron chi connectivity index (χ1n) is 8.37. The number of hydrogen-bond acceptors (Lipinski definition) is 5. The lowest BCUT2D eigenvalue weighted by molar-refractivity contribution is -0.123. The van der Waals surface area contributed by atoms with Gasteiger partial charge in [-0.2, -0.15) is 5.10 Å². The third-order valence-corrected chi connectivity index (χ3v) is 4.65. The lowest BCUT2D eigenvalue weighted by atomic mass is 10.0. The smallest absolute Gasteiger partial charge is 0.332 e. The van der Waals surface area contributed by atoms with Crippen molar-refractivity contribution < 1.29 is 14.1 Å². The number of carbonyl (C=O) groups excluding carboxylic acids is 2. The number of nitrogens with zero attached hydrogens (tertiary/aromatic N) is 5. The summed E-state index contributed by atoms with van der Waals surface area (Å²) in [5, 5.41) is 8.22. The summed E-state index contributed by atoms with van der Waals surface area (Å²) in [4.78, 5) is 28.3. The average molecular weight is 345 g/mol. The summed E-state index contributed by atoms with van der Waals surface area (Å²) in [5.74, 6) is 0.501. The number of hydrogen-bond donors (Lipinski definition) is 0. The average Bonchev–Trinajstić information content (AvgIpc) is 3.18. The molecule has 0 aromatic carbocycles. The first kappa shape index (κ1) is 17.2. The number of carbonyl (C=O) groups is 2. The molecule has 134 valence electrons. The highest BCUT2D eigenvalue weighted by atomic mass is 16.5. The number of aromatic nitrogens is 3. The summed E-state index contributed by atoms with van der Waals surface area (Å²) in [6.07, 6.45) is 4.04. The number of aryl methyl sites for hydroxylation is 2. The largest absolute Gasteiger partial charge is 0.361 e. The molecule has 0 unspecified atom stereocenters. The molecule has 2 aromatic heterocycles. The van der Waals surface area contributed by atoms with Crippen molar-refractivity contribution in [2.75, 3.05) is 11.4 Å². The van der Waals surface area contributed by atoms with Crippen LogP contribution in [0, 0.1) is 13.8 Å². The molecular formula is C17H23N5O3. The Morgan fingerprint density at radius 2 is 1.96 bits per heavy atom. The zero-order chi connectivity index (χ0) is 18.4. The molecule has 8 nitrogen and oxygen atoms in total. The van der Waals surface area contributed by atoms with Crippen LogP contribution in [0.2, 0.25) is 0 Å². The van der Waals surface area contributed by atoms with Gasteiger partial charge in [0.25, 0.3) is 5.91 Å². The van der Waals surface area contributed by atoms with Crippen LogP contribution < -0.4 is 4.90 Å². The van der Waals surface area contributed by atoms with E-state index < -0.39 is 5.54 Å². The maximum atomic E-state index is 12.8. The van der Waals surface area contributed by atoms with Crippen molar-refractivity contribution in [3.8, 4) is 0 Å². The Morgan fingerprint density at radius 1 is 1.24 bits per heavy atom. The zero-order valence-electron chi connectivity index (χ0n) is 15.2. The summed E-state index contributed by atoms with van der Waals surface area (Å²) >= 11 is 0. The van der Waals surface area contributed by atoms with Crippen LogP contribution in [0.5, 0.6) is 0 Å². The molecule has 1 fully saturated rings. The topological polar surface area (TPSA) is 84.5 Å². The summed E-state index contributed by atoms with van der Waals surface area (Å²) in [7, 11) is 0. The Kier molecular flexibility index (Phi) is 4.14. The minimum absolute atomic E-state index is 0.233. The minimum atomic E-state index is -0.850. The van der Waals surface area contributed by atoms with E-state index in [1.165, 1.54) is 4.90 Å². The van der Waals surface area contributed by atoms with Gasteiger partial charge in [0, 0.05) is 18.3 Å². The van der Waals surface area contributed by atoms with Crippen molar-refractivity contribution >= 4 is 17.6 Å². The van der Waals surface area contributed by atoms with E-state index in [0.717, 1.165) is 23.4 Å². The van der Waals surface area contributed by atoms with Gasteiger partial charge >= 0.3 is 6.03 Å². The molecule has 1 aliphatic heterocycles. The second-order valence-electron chi connectivity index (χ2n) is 6.83. The Balaban J connectivity index is 1.87. The highest BCUT2D eigenvalue weighted by molar-refractivity contribution is 6.22. The van der Waals surface area contributed by atoms with Gasteiger partial charge in [0.05, 0.1) is 24.1 Å². The Hall–Kier alpha value is -2.64. The Labute approximate surface area is 146 Å². The standard InChI is InChI=1S/C17H23N5O3/c1-6-7-21-16(24)22(15(23)17(21,4)5)13-8-18-20(9-13)10-14-11(2)19-25-12(14)3/h8-9H,6-7,10H2,1-5H3. The molecule has 25 heavy (non-hydrogen) atoms. The van der Waals surface area contributed by atoms with Crippen LogP contribution in [0.3, 0.4) is 0 Å². The molecular weight excluding hydrogens is 322 g/mol. The minimum Gasteiger partial charge on any atom is -0.361 e. The maximum absolute atomic E-state index is 12.8. The lowest BCUT2D eigenvalue weighted by Gasteiger charge is -2.27. The van der Waals surface area contributed by atoms with Crippen molar-refractivity contribution in [2.45, 2.75) is 53.1 Å². The van der Waals surface area contributed by atoms with Crippen molar-refractivity contribution in [3.05, 3.63) is 29.4 Å². The number of urea groups is 1. The number of imide groups is 1. The SMILES string of the molecule is CCCN1C(=O)N(c2cnn(Cc3c(C)noc3C)c2)C(=O)C1(C)C. The van der Waals surface area contributed by atoms with Gasteiger partial charge in [0.15, 0.2) is 0 Å². The molecule has 0 radical (unpaired) electrons. The van der Waals surface area contributed by atoms with Gasteiger partial charge in [-0.3, -0.25) is 9.48 Å². The monoisotopic (exact) mass is 345 g/mol. The predicted octanol–water partition coefficient (Wildman–Crippen LogP) is 2.49. The molecule has 0 bridgehead atoms. The van der Waals surface area contributed by atoms with Crippen molar-refractivity contribution in [1.82, 2.24) is 19.8 Å². The van der Waals surface area contributed by atoms with E-state index >= 15 is 0 Å². The number of amides is 3. The van der Waals surface area contributed by atoms with Crippen molar-refractivity contribution in [1.29, 1.82) is 0 Å². The molecule has 3 amide bonds. The van der Waals surface area contributed by atoms with Gasteiger partial charge in [-0.25, -0.2) is 9.69 Å². The van der Waals surface area contributed by atoms with Gasteiger partial charge < -0.3 is 9.42 Å². The second-order valence-corrected chi connectivity index (χ2v) is 6.83. The van der Waals surface area contributed by atoms with E-state index in [1.807, 2.05) is 20.8 Å². The van der Waals surface area contributed by atoms with Crippen LogP contribution in [0.4, 0.5) is 10.5 Å². The third kappa shape index (κ3) is 2.71. The van der Waals surface area contributed by atoms with Gasteiger partial charge in [-0.05, 0) is 34.1 Å². The molecule has 0 atom stereocenters. The normalized spacial score (nSPS) is 17.0. The predicted molar refractivity (Wildman–Crippen MR) is 91.3 cm³/mol. The Morgan fingerprint density at radius 3 is 2.56 bits per heavy atom. The fourth-order valence-corrected chi connectivity index (χ4v) is 3.11. The van der Waals surface area contributed by atoms with E-state index in [2.05, 4.69) is 10.3 Å². The highest BCUT2D eigenvalue weighted by Gasteiger charge is 2.51. The fraction of sp³-hybridized carbons (Fsp3) is 0.529. The van der Waals surface area contributed by atoms with Gasteiger partial charge in [0.2, 0.25) is 0 Å². The van der Waals surface area contributed by atoms with Crippen LogP contribution >= 0.6 is 0 Å². The molecule has 0 aliphatic carbocycles. The van der Waals surface area contributed by atoms with Gasteiger partial charge in [-0.15, -0.1) is 0 Å². The second kappa shape index (κ2) is 6.02. The summed E-state index contributed by atoms with van der Waals surface area (Å²) in [5.41, 5.74) is 1.38. The van der Waals surface area contributed by atoms with E-state index in [4.69, 9.17) is 4.52 Å². The molecule has 2 aromatic rings. The van der Waals surface area contributed by atoms with Gasteiger partial charge in [-0.1, -0.05) is 12.1 Å². The molecule has 0 spiro atoms. The fourth-order valence-electron chi connectivity index (χ4n) is 3.11.